The summed E-state index contributed by atoms with van der Waals surface area (Å²) in [5, 5.41) is 3.81. The zero-order valence-electron chi connectivity index (χ0n) is 22.2. The summed E-state index contributed by atoms with van der Waals surface area (Å²) in [5.74, 6) is 0.0236. The predicted octanol–water partition coefficient (Wildman–Crippen LogP) is 3.53. The van der Waals surface area contributed by atoms with Crippen LogP contribution in [0, 0.1) is 11.7 Å². The first kappa shape index (κ1) is 27.2. The molecule has 2 aliphatic heterocycles. The van der Waals surface area contributed by atoms with E-state index < -0.39 is 0 Å². The molecular weight excluding hydrogens is 459 g/mol. The molecular formula is C28H43FN4O3. The molecule has 0 spiro atoms. The molecule has 5 atom stereocenters. The number of hydrogen-bond donors (Lipinski definition) is 2. The van der Waals surface area contributed by atoms with E-state index in [2.05, 4.69) is 28.1 Å². The Kier molecular flexibility index (Phi) is 9.19. The van der Waals surface area contributed by atoms with Gasteiger partial charge in [0.25, 0.3) is 0 Å². The van der Waals surface area contributed by atoms with Crippen LogP contribution in [0.2, 0.25) is 0 Å². The molecule has 2 heterocycles. The highest BCUT2D eigenvalue weighted by Gasteiger charge is 2.52. The third-order valence-corrected chi connectivity index (χ3v) is 8.00. The van der Waals surface area contributed by atoms with Crippen molar-refractivity contribution in [3.8, 4) is 0 Å². The second kappa shape index (κ2) is 12.2. The second-order valence-corrected chi connectivity index (χ2v) is 10.4. The van der Waals surface area contributed by atoms with Gasteiger partial charge in [-0.3, -0.25) is 15.1 Å². The summed E-state index contributed by atoms with van der Waals surface area (Å²) in [5.41, 5.74) is 7.20. The Balaban J connectivity index is 1.46. The largest absolute Gasteiger partial charge is 0.398 e. The van der Waals surface area contributed by atoms with Crippen molar-refractivity contribution in [3.05, 3.63) is 53.9 Å². The number of nitrogens with two attached hydrogens (primary N) is 1. The van der Waals surface area contributed by atoms with Crippen molar-refractivity contribution in [1.29, 1.82) is 0 Å². The molecule has 1 aromatic carbocycles. The lowest BCUT2D eigenvalue weighted by molar-refractivity contribution is -0.164. The molecule has 36 heavy (non-hydrogen) atoms. The van der Waals surface area contributed by atoms with Gasteiger partial charge < -0.3 is 19.9 Å². The summed E-state index contributed by atoms with van der Waals surface area (Å²) >= 11 is 0. The molecule has 0 bridgehead atoms. The van der Waals surface area contributed by atoms with Gasteiger partial charge in [0.05, 0.1) is 0 Å². The van der Waals surface area contributed by atoms with E-state index in [9.17, 15) is 4.39 Å². The first-order chi connectivity index (χ1) is 17.4. The number of hydrogen-bond acceptors (Lipinski definition) is 7. The van der Waals surface area contributed by atoms with Crippen molar-refractivity contribution >= 4 is 5.70 Å². The molecule has 3 aliphatic rings. The molecule has 0 radical (unpaired) electrons. The molecule has 7 nitrogen and oxygen atoms in total. The van der Waals surface area contributed by atoms with E-state index in [1.54, 1.807) is 20.3 Å². The zero-order chi connectivity index (χ0) is 25.7. The van der Waals surface area contributed by atoms with Crippen LogP contribution in [0.4, 0.5) is 4.39 Å². The minimum atomic E-state index is -0.285. The maximum Gasteiger partial charge on any atom is 0.168 e. The van der Waals surface area contributed by atoms with Crippen LogP contribution in [0.5, 0.6) is 0 Å². The van der Waals surface area contributed by atoms with Crippen LogP contribution in [0.15, 0.2) is 42.5 Å². The Morgan fingerprint density at radius 2 is 2.00 bits per heavy atom. The average Bonchev–Trinajstić information content (AvgIpc) is 3.55. The number of likely N-dealkylation sites (tertiary alicyclic amines) is 2. The van der Waals surface area contributed by atoms with Gasteiger partial charge in [-0.15, -0.1) is 0 Å². The van der Waals surface area contributed by atoms with Gasteiger partial charge in [0.2, 0.25) is 0 Å². The fourth-order valence-corrected chi connectivity index (χ4v) is 5.60. The predicted molar refractivity (Wildman–Crippen MR) is 140 cm³/mol. The van der Waals surface area contributed by atoms with Crippen molar-refractivity contribution in [2.45, 2.75) is 69.3 Å². The second-order valence-electron chi connectivity index (χ2n) is 10.4. The molecule has 0 amide bonds. The van der Waals surface area contributed by atoms with E-state index in [-0.39, 0.29) is 36.1 Å². The Morgan fingerprint density at radius 3 is 2.58 bits per heavy atom. The molecule has 3 fully saturated rings. The summed E-state index contributed by atoms with van der Waals surface area (Å²) < 4.78 is 31.2. The zero-order valence-corrected chi connectivity index (χ0v) is 22.2. The standard InChI is InChI=1S/C28H43FN4O3/c1-20(8-5-11-23(30)21-9-6-10-22(29)19-21)18-25-24(31-26(34-2)28(36-4)13-14-28)12-17-33(25)27(35-3)32-15-7-16-32/h5-6,8-11,19-20,24-27,31H,7,12-18,30H2,1-4H3/b8-5-,23-11-/t20?,24-,25?,26?,27?/m0/s1. The van der Waals surface area contributed by atoms with Gasteiger partial charge >= 0.3 is 0 Å². The smallest absolute Gasteiger partial charge is 0.168 e. The van der Waals surface area contributed by atoms with Gasteiger partial charge in [-0.25, -0.2) is 4.39 Å². The Labute approximate surface area is 215 Å². The van der Waals surface area contributed by atoms with Crippen molar-refractivity contribution < 1.29 is 18.6 Å². The van der Waals surface area contributed by atoms with E-state index >= 15 is 0 Å². The van der Waals surface area contributed by atoms with Gasteiger partial charge in [-0.2, -0.15) is 0 Å². The number of nitrogens with one attached hydrogen (secondary N) is 1. The molecule has 4 unspecified atom stereocenters. The lowest BCUT2D eigenvalue weighted by Crippen LogP contribution is -2.59. The summed E-state index contributed by atoms with van der Waals surface area (Å²) in [4.78, 5) is 4.92. The van der Waals surface area contributed by atoms with Crippen molar-refractivity contribution in [2.75, 3.05) is 41.0 Å². The van der Waals surface area contributed by atoms with Crippen molar-refractivity contribution in [2.24, 2.45) is 11.7 Å². The molecule has 1 saturated carbocycles. The molecule has 1 aromatic rings. The number of methoxy groups -OCH3 is 3. The number of rotatable bonds is 13. The minimum absolute atomic E-state index is 0.00597. The average molecular weight is 503 g/mol. The monoisotopic (exact) mass is 502 g/mol. The summed E-state index contributed by atoms with van der Waals surface area (Å²) in [6, 6.07) is 6.92. The Morgan fingerprint density at radius 1 is 1.22 bits per heavy atom. The van der Waals surface area contributed by atoms with E-state index in [4.69, 9.17) is 19.9 Å². The summed E-state index contributed by atoms with van der Waals surface area (Å²) in [6.45, 7) is 5.35. The molecule has 200 valence electrons. The number of allylic oxidation sites excluding steroid dienone is 3. The summed E-state index contributed by atoms with van der Waals surface area (Å²) in [6.07, 6.45) is 11.1. The molecule has 8 heteroatoms. The van der Waals surface area contributed by atoms with Crippen LogP contribution in [0.1, 0.15) is 44.6 Å². The van der Waals surface area contributed by atoms with Crippen molar-refractivity contribution in [1.82, 2.24) is 15.1 Å². The van der Waals surface area contributed by atoms with Gasteiger partial charge in [0.15, 0.2) is 6.35 Å². The van der Waals surface area contributed by atoms with Crippen LogP contribution >= 0.6 is 0 Å². The fraction of sp³-hybridized carbons (Fsp3) is 0.643. The number of nitrogens with zero attached hydrogens (tertiary/aromatic N) is 2. The third kappa shape index (κ3) is 6.18. The lowest BCUT2D eigenvalue weighted by atomic mass is 9.95. The van der Waals surface area contributed by atoms with Gasteiger partial charge in [-0.05, 0) is 56.2 Å². The van der Waals surface area contributed by atoms with Gasteiger partial charge in [0, 0.05) is 64.3 Å². The number of halogens is 1. The topological polar surface area (TPSA) is 72.2 Å². The molecule has 2 saturated heterocycles. The van der Waals surface area contributed by atoms with Gasteiger partial charge in [-0.1, -0.05) is 31.2 Å². The van der Waals surface area contributed by atoms with E-state index in [1.165, 1.54) is 18.6 Å². The maximum absolute atomic E-state index is 13.5. The first-order valence-electron chi connectivity index (χ1n) is 13.2. The Hall–Kier alpha value is -1.81. The van der Waals surface area contributed by atoms with Crippen LogP contribution in [0.25, 0.3) is 5.70 Å². The lowest BCUT2D eigenvalue weighted by Gasteiger charge is -2.45. The fourth-order valence-electron chi connectivity index (χ4n) is 5.60. The normalized spacial score (nSPS) is 27.2. The minimum Gasteiger partial charge on any atom is -0.398 e. The van der Waals surface area contributed by atoms with Gasteiger partial charge in [0.1, 0.15) is 17.6 Å². The number of benzene rings is 1. The molecule has 1 aliphatic carbocycles. The van der Waals surface area contributed by atoms with Crippen molar-refractivity contribution in [3.63, 3.8) is 0 Å². The summed E-state index contributed by atoms with van der Waals surface area (Å²) in [7, 11) is 5.35. The number of ether oxygens (including phenoxy) is 3. The van der Waals surface area contributed by atoms with E-state index in [0.717, 1.165) is 45.3 Å². The third-order valence-electron chi connectivity index (χ3n) is 8.00. The first-order valence-corrected chi connectivity index (χ1v) is 13.2. The molecule has 0 aromatic heterocycles. The Bertz CT molecular complexity index is 918. The molecule has 3 N–H and O–H groups in total. The van der Waals surface area contributed by atoms with Crippen LogP contribution in [0.3, 0.4) is 0 Å². The van der Waals surface area contributed by atoms with Crippen LogP contribution in [-0.4, -0.2) is 81.0 Å². The van der Waals surface area contributed by atoms with E-state index in [1.807, 2.05) is 25.3 Å². The molecule has 4 rings (SSSR count). The van der Waals surface area contributed by atoms with Crippen LogP contribution < -0.4 is 11.1 Å². The van der Waals surface area contributed by atoms with E-state index in [0.29, 0.717) is 17.2 Å². The SMILES string of the molecule is COC(N1CCC1)N1CC[C@H](NC(OC)C2(OC)CC2)C1CC(C)/C=C\C=C(/N)c1cccc(F)c1. The quantitative estimate of drug-likeness (QED) is 0.316. The highest BCUT2D eigenvalue weighted by Crippen LogP contribution is 2.43. The highest BCUT2D eigenvalue weighted by molar-refractivity contribution is 5.63. The maximum atomic E-state index is 13.5. The van der Waals surface area contributed by atoms with Crippen LogP contribution in [-0.2, 0) is 14.2 Å². The highest BCUT2D eigenvalue weighted by atomic mass is 19.1.